The third kappa shape index (κ3) is 2.77. The average molecular weight is 306 g/mol. The number of hydrogen-bond acceptors (Lipinski definition) is 5. The SMILES string of the molecule is O=C(O)CNC(=O)CN1C(=O)c2ccc(C(=O)O)cc2C1=O. The van der Waals surface area contributed by atoms with Crippen molar-refractivity contribution in [3.63, 3.8) is 0 Å². The van der Waals surface area contributed by atoms with Gasteiger partial charge in [-0.3, -0.25) is 24.1 Å². The predicted octanol–water partition coefficient (Wildman–Crippen LogP) is -0.818. The summed E-state index contributed by atoms with van der Waals surface area (Å²) >= 11 is 0. The number of aliphatic carboxylic acids is 1. The molecular weight excluding hydrogens is 296 g/mol. The molecule has 9 heteroatoms. The molecule has 0 atom stereocenters. The highest BCUT2D eigenvalue weighted by molar-refractivity contribution is 6.22. The number of imide groups is 1. The van der Waals surface area contributed by atoms with Crippen LogP contribution in [0.5, 0.6) is 0 Å². The maximum atomic E-state index is 12.1. The van der Waals surface area contributed by atoms with Crippen LogP contribution in [0, 0.1) is 0 Å². The van der Waals surface area contributed by atoms with Gasteiger partial charge in [-0.15, -0.1) is 0 Å². The van der Waals surface area contributed by atoms with Gasteiger partial charge in [0.05, 0.1) is 16.7 Å². The molecule has 3 N–H and O–H groups in total. The second-order valence-corrected chi connectivity index (χ2v) is 4.43. The molecule has 9 nitrogen and oxygen atoms in total. The van der Waals surface area contributed by atoms with Crippen LogP contribution in [0.4, 0.5) is 0 Å². The lowest BCUT2D eigenvalue weighted by Crippen LogP contribution is -2.41. The van der Waals surface area contributed by atoms with E-state index >= 15 is 0 Å². The maximum absolute atomic E-state index is 12.1. The summed E-state index contributed by atoms with van der Waals surface area (Å²) in [6.45, 7) is -1.27. The van der Waals surface area contributed by atoms with Crippen molar-refractivity contribution in [2.24, 2.45) is 0 Å². The van der Waals surface area contributed by atoms with Gasteiger partial charge in [-0.25, -0.2) is 4.79 Å². The highest BCUT2D eigenvalue weighted by Crippen LogP contribution is 2.23. The number of hydrogen-bond donors (Lipinski definition) is 3. The summed E-state index contributed by atoms with van der Waals surface area (Å²) in [6.07, 6.45) is 0. The predicted molar refractivity (Wildman–Crippen MR) is 69.4 cm³/mol. The topological polar surface area (TPSA) is 141 Å². The lowest BCUT2D eigenvalue weighted by molar-refractivity contribution is -0.137. The number of amides is 3. The van der Waals surface area contributed by atoms with E-state index in [0.29, 0.717) is 4.90 Å². The molecule has 0 aromatic heterocycles. The van der Waals surface area contributed by atoms with Crippen molar-refractivity contribution in [1.82, 2.24) is 10.2 Å². The summed E-state index contributed by atoms with van der Waals surface area (Å²) in [5.74, 6) is -4.85. The lowest BCUT2D eigenvalue weighted by Gasteiger charge is -2.12. The maximum Gasteiger partial charge on any atom is 0.335 e. The Balaban J connectivity index is 2.18. The molecule has 1 aliphatic rings. The van der Waals surface area contributed by atoms with Crippen molar-refractivity contribution in [2.45, 2.75) is 0 Å². The monoisotopic (exact) mass is 306 g/mol. The van der Waals surface area contributed by atoms with Crippen LogP contribution in [0.1, 0.15) is 31.1 Å². The van der Waals surface area contributed by atoms with Crippen molar-refractivity contribution in [1.29, 1.82) is 0 Å². The number of nitrogens with one attached hydrogen (secondary N) is 1. The van der Waals surface area contributed by atoms with Crippen LogP contribution >= 0.6 is 0 Å². The Morgan fingerprint density at radius 3 is 2.27 bits per heavy atom. The van der Waals surface area contributed by atoms with E-state index in [2.05, 4.69) is 0 Å². The van der Waals surface area contributed by atoms with E-state index in [1.165, 1.54) is 12.1 Å². The third-order valence-electron chi connectivity index (χ3n) is 2.96. The zero-order valence-electron chi connectivity index (χ0n) is 11.0. The van der Waals surface area contributed by atoms with E-state index in [0.717, 1.165) is 6.07 Å². The van der Waals surface area contributed by atoms with Crippen LogP contribution in [0.15, 0.2) is 18.2 Å². The lowest BCUT2D eigenvalue weighted by atomic mass is 10.1. The minimum absolute atomic E-state index is 0.000958. The first kappa shape index (κ1) is 15.2. The van der Waals surface area contributed by atoms with Crippen molar-refractivity contribution < 1.29 is 34.2 Å². The zero-order chi connectivity index (χ0) is 16.4. The fourth-order valence-electron chi connectivity index (χ4n) is 1.94. The fraction of sp³-hybridized carbons (Fsp3) is 0.154. The molecule has 2 rings (SSSR count). The third-order valence-corrected chi connectivity index (χ3v) is 2.96. The number of nitrogens with zero attached hydrogens (tertiary/aromatic N) is 1. The van der Waals surface area contributed by atoms with Crippen LogP contribution in [0.25, 0.3) is 0 Å². The van der Waals surface area contributed by atoms with Gasteiger partial charge in [0.25, 0.3) is 11.8 Å². The van der Waals surface area contributed by atoms with Gasteiger partial charge in [0.2, 0.25) is 5.91 Å². The second-order valence-electron chi connectivity index (χ2n) is 4.43. The Morgan fingerprint density at radius 1 is 1.05 bits per heavy atom. The number of carbonyl (C=O) groups excluding carboxylic acids is 3. The molecule has 3 amide bonds. The molecule has 0 bridgehead atoms. The van der Waals surface area contributed by atoms with Crippen molar-refractivity contribution >= 4 is 29.7 Å². The van der Waals surface area contributed by atoms with Crippen LogP contribution in [-0.2, 0) is 9.59 Å². The van der Waals surface area contributed by atoms with Gasteiger partial charge in [-0.2, -0.15) is 0 Å². The van der Waals surface area contributed by atoms with Crippen LogP contribution in [-0.4, -0.2) is 57.9 Å². The summed E-state index contributed by atoms with van der Waals surface area (Å²) in [5.41, 5.74) is -0.256. The van der Waals surface area contributed by atoms with Gasteiger partial charge in [0, 0.05) is 0 Å². The molecule has 1 heterocycles. The van der Waals surface area contributed by atoms with E-state index in [1.807, 2.05) is 5.32 Å². The van der Waals surface area contributed by atoms with Crippen molar-refractivity contribution in [3.05, 3.63) is 34.9 Å². The molecule has 0 saturated heterocycles. The summed E-state index contributed by atoms with van der Waals surface area (Å²) in [7, 11) is 0. The molecule has 1 aliphatic heterocycles. The van der Waals surface area contributed by atoms with Gasteiger partial charge < -0.3 is 15.5 Å². The zero-order valence-corrected chi connectivity index (χ0v) is 11.0. The first-order valence-electron chi connectivity index (χ1n) is 6.03. The standard InChI is InChI=1S/C13H10N2O7/c16-9(14-4-10(17)18)5-15-11(19)7-2-1-6(13(21)22)3-8(7)12(15)20/h1-3H,4-5H2,(H,14,16)(H,17,18)(H,21,22). The Morgan fingerprint density at radius 2 is 1.68 bits per heavy atom. The number of rotatable bonds is 5. The normalized spacial score (nSPS) is 13.0. The Hall–Kier alpha value is -3.23. The van der Waals surface area contributed by atoms with Gasteiger partial charge in [0.15, 0.2) is 0 Å². The van der Waals surface area contributed by atoms with Crippen LogP contribution < -0.4 is 5.32 Å². The summed E-state index contributed by atoms with van der Waals surface area (Å²) in [4.78, 5) is 57.4. The minimum Gasteiger partial charge on any atom is -0.480 e. The molecule has 0 aliphatic carbocycles. The quantitative estimate of drug-likeness (QED) is 0.603. The van der Waals surface area contributed by atoms with Gasteiger partial charge in [0.1, 0.15) is 13.1 Å². The molecule has 0 spiro atoms. The summed E-state index contributed by atoms with van der Waals surface area (Å²) in [6, 6.07) is 3.45. The number of fused-ring (bicyclic) bond motifs is 1. The molecule has 0 fully saturated rings. The second kappa shape index (κ2) is 5.64. The molecule has 1 aromatic carbocycles. The molecule has 0 saturated carbocycles. The Bertz CT molecular complexity index is 710. The minimum atomic E-state index is -1.26. The van der Waals surface area contributed by atoms with Gasteiger partial charge in [-0.1, -0.05) is 0 Å². The molecule has 0 unspecified atom stereocenters. The van der Waals surface area contributed by atoms with Crippen LogP contribution in [0.3, 0.4) is 0 Å². The number of carbonyl (C=O) groups is 5. The van der Waals surface area contributed by atoms with E-state index < -0.39 is 42.7 Å². The number of aromatic carboxylic acids is 1. The molecule has 0 radical (unpaired) electrons. The molecule has 114 valence electrons. The van der Waals surface area contributed by atoms with E-state index in [9.17, 15) is 24.0 Å². The van der Waals surface area contributed by atoms with Crippen LogP contribution in [0.2, 0.25) is 0 Å². The van der Waals surface area contributed by atoms with E-state index in [-0.39, 0.29) is 16.7 Å². The molecular formula is C13H10N2O7. The van der Waals surface area contributed by atoms with E-state index in [4.69, 9.17) is 10.2 Å². The number of carboxylic acid groups (broad SMARTS) is 2. The summed E-state index contributed by atoms with van der Waals surface area (Å²) in [5, 5.41) is 19.3. The number of carboxylic acids is 2. The smallest absolute Gasteiger partial charge is 0.335 e. The largest absolute Gasteiger partial charge is 0.480 e. The molecule has 22 heavy (non-hydrogen) atoms. The van der Waals surface area contributed by atoms with Gasteiger partial charge >= 0.3 is 11.9 Å². The number of benzene rings is 1. The Labute approximate surface area is 123 Å². The first-order chi connectivity index (χ1) is 10.3. The highest BCUT2D eigenvalue weighted by atomic mass is 16.4. The summed E-state index contributed by atoms with van der Waals surface area (Å²) < 4.78 is 0. The van der Waals surface area contributed by atoms with E-state index in [1.54, 1.807) is 0 Å². The first-order valence-corrected chi connectivity index (χ1v) is 6.03. The highest BCUT2D eigenvalue weighted by Gasteiger charge is 2.37. The van der Waals surface area contributed by atoms with Gasteiger partial charge in [-0.05, 0) is 18.2 Å². The molecule has 1 aromatic rings. The van der Waals surface area contributed by atoms with Crippen molar-refractivity contribution in [2.75, 3.05) is 13.1 Å². The fourth-order valence-corrected chi connectivity index (χ4v) is 1.94. The average Bonchev–Trinajstić information content (AvgIpc) is 2.70. The Kier molecular flexibility index (Phi) is 3.89. The van der Waals surface area contributed by atoms with Crippen molar-refractivity contribution in [3.8, 4) is 0 Å².